The Bertz CT molecular complexity index is 242. The zero-order valence-electron chi connectivity index (χ0n) is 5.23. The molecule has 1 aromatic rings. The summed E-state index contributed by atoms with van der Waals surface area (Å²) < 4.78 is 0.817. The van der Waals surface area contributed by atoms with E-state index in [2.05, 4.69) is 22.5 Å². The SMILES string of the molecule is C=C(CBr)c1ccc(Cl)s1. The van der Waals surface area contributed by atoms with Crippen LogP contribution in [-0.2, 0) is 0 Å². The molecule has 0 saturated carbocycles. The largest absolute Gasteiger partial charge is 0.124 e. The highest BCUT2D eigenvalue weighted by Gasteiger charge is 1.99. The average Bonchev–Trinajstić information content (AvgIpc) is 2.34. The van der Waals surface area contributed by atoms with Crippen molar-refractivity contribution in [2.45, 2.75) is 0 Å². The third-order valence-electron chi connectivity index (χ3n) is 1.08. The minimum Gasteiger partial charge on any atom is -0.124 e. The topological polar surface area (TPSA) is 0 Å². The number of rotatable bonds is 2. The molecule has 10 heavy (non-hydrogen) atoms. The molecule has 3 heteroatoms. The Kier molecular flexibility index (Phi) is 2.96. The van der Waals surface area contributed by atoms with E-state index in [1.54, 1.807) is 11.3 Å². The van der Waals surface area contributed by atoms with Crippen LogP contribution >= 0.6 is 38.9 Å². The molecule has 0 spiro atoms. The fourth-order valence-corrected chi connectivity index (χ4v) is 2.07. The minimum atomic E-state index is 0.809. The first-order valence-electron chi connectivity index (χ1n) is 2.73. The third kappa shape index (κ3) is 1.84. The maximum absolute atomic E-state index is 5.72. The van der Waals surface area contributed by atoms with Gasteiger partial charge in [0.2, 0.25) is 0 Å². The fourth-order valence-electron chi connectivity index (χ4n) is 0.570. The molecule has 0 aliphatic heterocycles. The van der Waals surface area contributed by atoms with Gasteiger partial charge in [0.1, 0.15) is 0 Å². The quantitative estimate of drug-likeness (QED) is 0.686. The van der Waals surface area contributed by atoms with Crippen molar-refractivity contribution in [1.82, 2.24) is 0 Å². The monoisotopic (exact) mass is 236 g/mol. The zero-order valence-corrected chi connectivity index (χ0v) is 8.39. The Morgan fingerprint density at radius 2 is 2.40 bits per heavy atom. The summed E-state index contributed by atoms with van der Waals surface area (Å²) in [7, 11) is 0. The first kappa shape index (κ1) is 8.31. The molecule has 0 N–H and O–H groups in total. The van der Waals surface area contributed by atoms with Gasteiger partial charge in [0, 0.05) is 10.2 Å². The molecule has 0 unspecified atom stereocenters. The first-order chi connectivity index (χ1) is 4.74. The highest BCUT2D eigenvalue weighted by Crippen LogP contribution is 2.27. The number of hydrogen-bond donors (Lipinski definition) is 0. The molecule has 0 fully saturated rings. The number of hydrogen-bond acceptors (Lipinski definition) is 1. The molecule has 0 saturated heterocycles. The van der Waals surface area contributed by atoms with E-state index in [1.807, 2.05) is 12.1 Å². The van der Waals surface area contributed by atoms with Crippen LogP contribution in [0.4, 0.5) is 0 Å². The highest BCUT2D eigenvalue weighted by molar-refractivity contribution is 9.09. The highest BCUT2D eigenvalue weighted by atomic mass is 79.9. The Hall–Kier alpha value is 0.210. The molecule has 0 radical (unpaired) electrons. The lowest BCUT2D eigenvalue weighted by Crippen LogP contribution is -1.74. The Labute approximate surface area is 77.6 Å². The van der Waals surface area contributed by atoms with Crippen molar-refractivity contribution in [2.75, 3.05) is 5.33 Å². The summed E-state index contributed by atoms with van der Waals surface area (Å²) in [5, 5.41) is 0.809. The summed E-state index contributed by atoms with van der Waals surface area (Å²) in [6, 6.07) is 3.87. The number of alkyl halides is 1. The summed E-state index contributed by atoms with van der Waals surface area (Å²) in [5.74, 6) is 0. The summed E-state index contributed by atoms with van der Waals surface area (Å²) in [4.78, 5) is 1.15. The molecule has 0 aromatic carbocycles. The summed E-state index contributed by atoms with van der Waals surface area (Å²) in [6.45, 7) is 3.86. The van der Waals surface area contributed by atoms with Gasteiger partial charge in [-0.1, -0.05) is 34.1 Å². The molecule has 0 amide bonds. The molecule has 0 aliphatic rings. The van der Waals surface area contributed by atoms with Crippen molar-refractivity contribution in [3.8, 4) is 0 Å². The van der Waals surface area contributed by atoms with E-state index in [9.17, 15) is 0 Å². The van der Waals surface area contributed by atoms with E-state index in [4.69, 9.17) is 11.6 Å². The van der Waals surface area contributed by atoms with Gasteiger partial charge in [-0.05, 0) is 17.7 Å². The molecule has 0 bridgehead atoms. The third-order valence-corrected chi connectivity index (χ3v) is 3.09. The van der Waals surface area contributed by atoms with Gasteiger partial charge in [-0.3, -0.25) is 0 Å². The van der Waals surface area contributed by atoms with E-state index in [-0.39, 0.29) is 0 Å². The van der Waals surface area contributed by atoms with Crippen LogP contribution in [0, 0.1) is 0 Å². The van der Waals surface area contributed by atoms with Gasteiger partial charge in [0.15, 0.2) is 0 Å². The number of thiophene rings is 1. The molecule has 0 aliphatic carbocycles. The molecule has 0 atom stereocenters. The summed E-state index contributed by atoms with van der Waals surface area (Å²) in [6.07, 6.45) is 0. The van der Waals surface area contributed by atoms with Gasteiger partial charge in [-0.15, -0.1) is 11.3 Å². The summed E-state index contributed by atoms with van der Waals surface area (Å²) in [5.41, 5.74) is 1.08. The smallest absolute Gasteiger partial charge is 0.0934 e. The Morgan fingerprint density at radius 3 is 2.80 bits per heavy atom. The van der Waals surface area contributed by atoms with Gasteiger partial charge in [0.25, 0.3) is 0 Å². The molecular formula is C7H6BrClS. The van der Waals surface area contributed by atoms with Crippen molar-refractivity contribution in [2.24, 2.45) is 0 Å². The van der Waals surface area contributed by atoms with Crippen LogP contribution in [0.15, 0.2) is 18.7 Å². The maximum atomic E-state index is 5.72. The van der Waals surface area contributed by atoms with Crippen LogP contribution in [-0.4, -0.2) is 5.33 Å². The van der Waals surface area contributed by atoms with E-state index in [1.165, 1.54) is 0 Å². The van der Waals surface area contributed by atoms with Gasteiger partial charge in [0.05, 0.1) is 4.34 Å². The van der Waals surface area contributed by atoms with Crippen LogP contribution in [0.25, 0.3) is 5.57 Å². The van der Waals surface area contributed by atoms with E-state index in [0.29, 0.717) is 0 Å². The molecule has 1 heterocycles. The predicted molar refractivity (Wildman–Crippen MR) is 52.2 cm³/mol. The lowest BCUT2D eigenvalue weighted by atomic mass is 10.3. The van der Waals surface area contributed by atoms with Crippen LogP contribution < -0.4 is 0 Å². The summed E-state index contributed by atoms with van der Waals surface area (Å²) >= 11 is 10.6. The van der Waals surface area contributed by atoms with E-state index >= 15 is 0 Å². The van der Waals surface area contributed by atoms with Gasteiger partial charge < -0.3 is 0 Å². The molecule has 0 nitrogen and oxygen atoms in total. The van der Waals surface area contributed by atoms with Gasteiger partial charge in [-0.2, -0.15) is 0 Å². The van der Waals surface area contributed by atoms with Crippen LogP contribution in [0.5, 0.6) is 0 Å². The number of allylic oxidation sites excluding steroid dienone is 1. The van der Waals surface area contributed by atoms with Gasteiger partial charge >= 0.3 is 0 Å². The zero-order chi connectivity index (χ0) is 7.56. The second kappa shape index (κ2) is 3.56. The lowest BCUT2D eigenvalue weighted by Gasteiger charge is -1.92. The molecule has 1 aromatic heterocycles. The Balaban J connectivity index is 2.85. The number of halogens is 2. The second-order valence-corrected chi connectivity index (χ2v) is 4.12. The molecule has 1 rings (SSSR count). The van der Waals surface area contributed by atoms with Crippen molar-refractivity contribution in [3.05, 3.63) is 27.9 Å². The minimum absolute atomic E-state index is 0.809. The van der Waals surface area contributed by atoms with E-state index in [0.717, 1.165) is 20.1 Å². The van der Waals surface area contributed by atoms with Crippen molar-refractivity contribution in [1.29, 1.82) is 0 Å². The first-order valence-corrected chi connectivity index (χ1v) is 5.05. The lowest BCUT2D eigenvalue weighted by molar-refractivity contribution is 1.78. The average molecular weight is 238 g/mol. The van der Waals surface area contributed by atoms with Crippen LogP contribution in [0.2, 0.25) is 4.34 Å². The normalized spacial score (nSPS) is 9.80. The van der Waals surface area contributed by atoms with Crippen LogP contribution in [0.3, 0.4) is 0 Å². The molecular weight excluding hydrogens is 232 g/mol. The fraction of sp³-hybridized carbons (Fsp3) is 0.143. The van der Waals surface area contributed by atoms with Crippen molar-refractivity contribution in [3.63, 3.8) is 0 Å². The standard InChI is InChI=1S/C7H6BrClS/c1-5(4-8)6-2-3-7(9)10-6/h2-3H,1,4H2. The van der Waals surface area contributed by atoms with E-state index < -0.39 is 0 Å². The maximum Gasteiger partial charge on any atom is 0.0934 e. The van der Waals surface area contributed by atoms with Crippen molar-refractivity contribution >= 4 is 44.4 Å². The predicted octanol–water partition coefficient (Wildman–Crippen LogP) is 3.81. The Morgan fingerprint density at radius 1 is 1.70 bits per heavy atom. The van der Waals surface area contributed by atoms with Crippen molar-refractivity contribution < 1.29 is 0 Å². The van der Waals surface area contributed by atoms with Crippen LogP contribution in [0.1, 0.15) is 4.88 Å². The molecule has 54 valence electrons. The van der Waals surface area contributed by atoms with Gasteiger partial charge in [-0.25, -0.2) is 0 Å². The second-order valence-electron chi connectivity index (χ2n) is 1.84.